The second kappa shape index (κ2) is 12.1. The van der Waals surface area contributed by atoms with E-state index in [0.29, 0.717) is 23.6 Å². The first-order valence-corrected chi connectivity index (χ1v) is 11.7. The minimum absolute atomic E-state index is 0.0277. The summed E-state index contributed by atoms with van der Waals surface area (Å²) in [6.07, 6.45) is 3.16. The molecule has 2 aromatic rings. The maximum Gasteiger partial charge on any atom is 0.260 e. The number of nitrogens with zero attached hydrogens (tertiary/aromatic N) is 1. The first kappa shape index (κ1) is 25.1. The second-order valence-electron chi connectivity index (χ2n) is 8.43. The third kappa shape index (κ3) is 6.97. The Morgan fingerprint density at radius 2 is 1.50 bits per heavy atom. The van der Waals surface area contributed by atoms with Crippen LogP contribution in [0.25, 0.3) is 0 Å². The Balaban J connectivity index is 1.43. The predicted molar refractivity (Wildman–Crippen MR) is 130 cm³/mol. The minimum Gasteiger partial charge on any atom is -0.494 e. The van der Waals surface area contributed by atoms with Crippen LogP contribution in [0, 0.1) is 0 Å². The van der Waals surface area contributed by atoms with Gasteiger partial charge in [0.05, 0.1) is 13.2 Å². The summed E-state index contributed by atoms with van der Waals surface area (Å²) >= 11 is 0. The summed E-state index contributed by atoms with van der Waals surface area (Å²) in [6, 6.07) is 13.9. The highest BCUT2D eigenvalue weighted by Crippen LogP contribution is 2.23. The van der Waals surface area contributed by atoms with Crippen LogP contribution >= 0.6 is 0 Å². The summed E-state index contributed by atoms with van der Waals surface area (Å²) in [5.41, 5.74) is 1.01. The molecule has 8 nitrogen and oxygen atoms in total. The van der Waals surface area contributed by atoms with Gasteiger partial charge in [-0.25, -0.2) is 0 Å². The Bertz CT molecular complexity index is 965. The van der Waals surface area contributed by atoms with Crippen molar-refractivity contribution >= 4 is 23.4 Å². The van der Waals surface area contributed by atoms with Gasteiger partial charge in [0.15, 0.2) is 6.61 Å². The average molecular weight is 468 g/mol. The summed E-state index contributed by atoms with van der Waals surface area (Å²) < 4.78 is 11.0. The van der Waals surface area contributed by atoms with Gasteiger partial charge in [-0.15, -0.1) is 0 Å². The fourth-order valence-corrected chi connectivity index (χ4v) is 4.10. The number of piperidine rings is 1. The van der Waals surface area contributed by atoms with E-state index in [9.17, 15) is 14.4 Å². The van der Waals surface area contributed by atoms with Gasteiger partial charge in [-0.1, -0.05) is 0 Å². The van der Waals surface area contributed by atoms with Crippen molar-refractivity contribution in [3.63, 3.8) is 0 Å². The molecule has 3 rings (SSSR count). The molecule has 1 aliphatic rings. The highest BCUT2D eigenvalue weighted by molar-refractivity contribution is 5.99. The molecule has 0 aliphatic carbocycles. The number of carbonyl (C=O) groups is 3. The van der Waals surface area contributed by atoms with Gasteiger partial charge in [-0.05, 0) is 88.6 Å². The predicted octanol–water partition coefficient (Wildman–Crippen LogP) is 3.62. The smallest absolute Gasteiger partial charge is 0.260 e. The quantitative estimate of drug-likeness (QED) is 0.587. The van der Waals surface area contributed by atoms with Gasteiger partial charge in [-0.2, -0.15) is 0 Å². The van der Waals surface area contributed by atoms with Crippen LogP contribution in [0.2, 0.25) is 0 Å². The Hall–Kier alpha value is -3.55. The number of rotatable bonds is 9. The van der Waals surface area contributed by atoms with E-state index in [4.69, 9.17) is 9.47 Å². The number of ether oxygens (including phenoxy) is 2. The zero-order chi connectivity index (χ0) is 24.5. The largest absolute Gasteiger partial charge is 0.494 e. The molecule has 2 atom stereocenters. The Morgan fingerprint density at radius 3 is 2.12 bits per heavy atom. The zero-order valence-electron chi connectivity index (χ0n) is 20.0. The van der Waals surface area contributed by atoms with Crippen LogP contribution in [0.15, 0.2) is 48.5 Å². The number of likely N-dealkylation sites (tertiary alicyclic amines) is 1. The lowest BCUT2D eigenvalue weighted by atomic mass is 9.97. The highest BCUT2D eigenvalue weighted by Gasteiger charge is 2.29. The highest BCUT2D eigenvalue weighted by atomic mass is 16.5. The summed E-state index contributed by atoms with van der Waals surface area (Å²) in [5.74, 6) is 0.495. The summed E-state index contributed by atoms with van der Waals surface area (Å²) in [7, 11) is 0. The molecule has 0 bridgehead atoms. The lowest BCUT2D eigenvalue weighted by molar-refractivity contribution is -0.139. The van der Waals surface area contributed by atoms with Crippen LogP contribution < -0.4 is 20.1 Å². The normalized spacial score (nSPS) is 17.6. The van der Waals surface area contributed by atoms with Gasteiger partial charge in [0.25, 0.3) is 11.8 Å². The van der Waals surface area contributed by atoms with E-state index in [-0.39, 0.29) is 43.0 Å². The molecule has 8 heteroatoms. The van der Waals surface area contributed by atoms with Crippen LogP contribution in [0.1, 0.15) is 50.4 Å². The molecule has 182 valence electrons. The molecule has 1 fully saturated rings. The fourth-order valence-electron chi connectivity index (χ4n) is 4.10. The van der Waals surface area contributed by atoms with Crippen molar-refractivity contribution in [3.8, 4) is 11.5 Å². The number of nitrogens with one attached hydrogen (secondary N) is 2. The van der Waals surface area contributed by atoms with Crippen LogP contribution in [0.3, 0.4) is 0 Å². The first-order valence-electron chi connectivity index (χ1n) is 11.7. The molecule has 1 saturated heterocycles. The molecule has 34 heavy (non-hydrogen) atoms. The molecular formula is C26H33N3O5. The molecule has 2 unspecified atom stereocenters. The van der Waals surface area contributed by atoms with Crippen molar-refractivity contribution in [3.05, 3.63) is 54.1 Å². The van der Waals surface area contributed by atoms with Gasteiger partial charge in [0.2, 0.25) is 5.91 Å². The summed E-state index contributed by atoms with van der Waals surface area (Å²) in [5, 5.41) is 5.32. The summed E-state index contributed by atoms with van der Waals surface area (Å²) in [4.78, 5) is 39.0. The lowest BCUT2D eigenvalue weighted by Gasteiger charge is -2.38. The molecule has 1 aliphatic heterocycles. The molecule has 3 amide bonds. The minimum atomic E-state index is -0.375. The third-order valence-electron chi connectivity index (χ3n) is 5.82. The number of carbonyl (C=O) groups excluding carboxylic acids is 3. The monoisotopic (exact) mass is 467 g/mol. The van der Waals surface area contributed by atoms with Gasteiger partial charge >= 0.3 is 0 Å². The number of benzene rings is 2. The molecule has 2 aromatic carbocycles. The molecule has 2 N–H and O–H groups in total. The van der Waals surface area contributed by atoms with Crippen LogP contribution in [0.5, 0.6) is 11.5 Å². The SMILES string of the molecule is CCOc1ccc(NC(=O)CNC(=O)c2ccc(OCC(=O)N3C(C)CCCC3C)cc2)cc1. The Labute approximate surface area is 200 Å². The van der Waals surface area contributed by atoms with Crippen LogP contribution in [0.4, 0.5) is 5.69 Å². The van der Waals surface area contributed by atoms with Crippen molar-refractivity contribution < 1.29 is 23.9 Å². The van der Waals surface area contributed by atoms with E-state index in [1.807, 2.05) is 11.8 Å². The molecule has 0 radical (unpaired) electrons. The van der Waals surface area contributed by atoms with E-state index in [1.165, 1.54) is 0 Å². The van der Waals surface area contributed by atoms with E-state index in [2.05, 4.69) is 24.5 Å². The van der Waals surface area contributed by atoms with Crippen molar-refractivity contribution in [1.29, 1.82) is 0 Å². The van der Waals surface area contributed by atoms with E-state index in [1.54, 1.807) is 48.5 Å². The number of anilines is 1. The molecule has 0 aromatic heterocycles. The zero-order valence-corrected chi connectivity index (χ0v) is 20.0. The first-order chi connectivity index (χ1) is 16.4. The van der Waals surface area contributed by atoms with Gasteiger partial charge in [0, 0.05) is 23.3 Å². The molecular weight excluding hydrogens is 434 g/mol. The van der Waals surface area contributed by atoms with Crippen LogP contribution in [-0.4, -0.2) is 54.5 Å². The fraction of sp³-hybridized carbons (Fsp3) is 0.423. The number of amides is 3. The second-order valence-corrected chi connectivity index (χ2v) is 8.43. The molecule has 0 saturated carbocycles. The molecule has 0 spiro atoms. The van der Waals surface area contributed by atoms with Crippen molar-refractivity contribution in [1.82, 2.24) is 10.2 Å². The van der Waals surface area contributed by atoms with E-state index in [0.717, 1.165) is 25.0 Å². The van der Waals surface area contributed by atoms with E-state index < -0.39 is 0 Å². The van der Waals surface area contributed by atoms with Gasteiger partial charge < -0.3 is 25.0 Å². The molecule has 1 heterocycles. The summed E-state index contributed by atoms with van der Waals surface area (Å²) in [6.45, 7) is 6.41. The van der Waals surface area contributed by atoms with Crippen LogP contribution in [-0.2, 0) is 9.59 Å². The van der Waals surface area contributed by atoms with Gasteiger partial charge in [0.1, 0.15) is 11.5 Å². The Kier molecular flexibility index (Phi) is 8.90. The lowest BCUT2D eigenvalue weighted by Crippen LogP contribution is -2.49. The van der Waals surface area contributed by atoms with Gasteiger partial charge in [-0.3, -0.25) is 14.4 Å². The number of hydrogen-bond donors (Lipinski definition) is 2. The third-order valence-corrected chi connectivity index (χ3v) is 5.82. The number of hydrogen-bond acceptors (Lipinski definition) is 5. The average Bonchev–Trinajstić information content (AvgIpc) is 2.83. The topological polar surface area (TPSA) is 97.0 Å². The van der Waals surface area contributed by atoms with E-state index >= 15 is 0 Å². The maximum absolute atomic E-state index is 12.6. The van der Waals surface area contributed by atoms with Crippen molar-refractivity contribution in [2.24, 2.45) is 0 Å². The van der Waals surface area contributed by atoms with Crippen molar-refractivity contribution in [2.45, 2.75) is 52.1 Å². The Morgan fingerprint density at radius 1 is 0.912 bits per heavy atom. The maximum atomic E-state index is 12.6. The van der Waals surface area contributed by atoms with Crippen molar-refractivity contribution in [2.75, 3.05) is 25.1 Å². The standard InChI is InChI=1S/C26H33N3O5/c1-4-33-22-14-10-21(11-15-22)28-24(30)16-27-26(32)20-8-12-23(13-9-20)34-17-25(31)29-18(2)6-5-7-19(29)3/h8-15,18-19H,4-7,16-17H2,1-3H3,(H,27,32)(H,28,30).